The van der Waals surface area contributed by atoms with Crippen molar-refractivity contribution in [2.75, 3.05) is 11.4 Å². The van der Waals surface area contributed by atoms with Crippen LogP contribution in [0.5, 0.6) is 0 Å². The lowest BCUT2D eigenvalue weighted by molar-refractivity contribution is -0.114. The Labute approximate surface area is 117 Å². The van der Waals surface area contributed by atoms with Gasteiger partial charge in [0.2, 0.25) is 0 Å². The zero-order valence-electron chi connectivity index (χ0n) is 11.6. The molecule has 0 unspecified atom stereocenters. The Morgan fingerprint density at radius 3 is 2.90 bits per heavy atom. The van der Waals surface area contributed by atoms with Crippen molar-refractivity contribution in [1.82, 2.24) is 5.16 Å². The highest BCUT2D eigenvalue weighted by Crippen LogP contribution is 2.27. The lowest BCUT2D eigenvalue weighted by Crippen LogP contribution is -2.26. The lowest BCUT2D eigenvalue weighted by atomic mass is 10.2. The molecule has 0 bridgehead atoms. The molecular weight excluding hydrogens is 252 g/mol. The Morgan fingerprint density at radius 2 is 2.15 bits per heavy atom. The van der Waals surface area contributed by atoms with Crippen LogP contribution in [-0.2, 0) is 11.2 Å². The predicted octanol–water partition coefficient (Wildman–Crippen LogP) is 2.89. The van der Waals surface area contributed by atoms with Gasteiger partial charge in [-0.1, -0.05) is 23.4 Å². The van der Waals surface area contributed by atoms with E-state index in [1.54, 1.807) is 12.2 Å². The molecule has 0 saturated carbocycles. The van der Waals surface area contributed by atoms with Crippen molar-refractivity contribution in [1.29, 1.82) is 0 Å². The highest BCUT2D eigenvalue weighted by Gasteiger charge is 2.22. The van der Waals surface area contributed by atoms with E-state index in [1.165, 1.54) is 5.56 Å². The molecule has 0 radical (unpaired) electrons. The van der Waals surface area contributed by atoms with Crippen LogP contribution in [-0.4, -0.2) is 17.6 Å². The summed E-state index contributed by atoms with van der Waals surface area (Å²) in [6, 6.07) is 8.03. The first-order valence-electron chi connectivity index (χ1n) is 6.67. The van der Waals surface area contributed by atoms with Crippen LogP contribution in [0.1, 0.15) is 22.6 Å². The van der Waals surface area contributed by atoms with Crippen LogP contribution in [0, 0.1) is 13.8 Å². The molecule has 1 amide bonds. The maximum absolute atomic E-state index is 12.3. The van der Waals surface area contributed by atoms with E-state index in [4.69, 9.17) is 4.52 Å². The summed E-state index contributed by atoms with van der Waals surface area (Å²) in [5.74, 6) is 0.725. The fourth-order valence-corrected chi connectivity index (χ4v) is 2.54. The van der Waals surface area contributed by atoms with Crippen molar-refractivity contribution in [3.63, 3.8) is 0 Å². The van der Waals surface area contributed by atoms with E-state index in [9.17, 15) is 4.79 Å². The number of nitrogens with zero attached hydrogens (tertiary/aromatic N) is 2. The molecule has 20 heavy (non-hydrogen) atoms. The summed E-state index contributed by atoms with van der Waals surface area (Å²) in [6.45, 7) is 4.45. The normalized spacial score (nSPS) is 14.0. The molecule has 1 aromatic carbocycles. The van der Waals surface area contributed by atoms with Crippen molar-refractivity contribution < 1.29 is 9.32 Å². The third kappa shape index (κ3) is 2.13. The maximum atomic E-state index is 12.3. The summed E-state index contributed by atoms with van der Waals surface area (Å²) in [6.07, 6.45) is 4.29. The Hall–Kier alpha value is -2.36. The zero-order valence-corrected chi connectivity index (χ0v) is 11.6. The summed E-state index contributed by atoms with van der Waals surface area (Å²) < 4.78 is 5.08. The fraction of sp³-hybridized carbons (Fsp3) is 0.250. The Balaban J connectivity index is 1.82. The first kappa shape index (κ1) is 12.7. The van der Waals surface area contributed by atoms with Gasteiger partial charge < -0.3 is 9.42 Å². The Kier molecular flexibility index (Phi) is 3.14. The van der Waals surface area contributed by atoms with Gasteiger partial charge in [-0.2, -0.15) is 0 Å². The molecule has 0 spiro atoms. The third-order valence-electron chi connectivity index (χ3n) is 3.63. The number of carbonyl (C=O) groups is 1. The van der Waals surface area contributed by atoms with E-state index in [0.717, 1.165) is 35.7 Å². The number of hydrogen-bond acceptors (Lipinski definition) is 3. The van der Waals surface area contributed by atoms with Crippen molar-refractivity contribution >= 4 is 17.7 Å². The Morgan fingerprint density at radius 1 is 1.35 bits per heavy atom. The summed E-state index contributed by atoms with van der Waals surface area (Å²) in [7, 11) is 0. The van der Waals surface area contributed by atoms with Gasteiger partial charge >= 0.3 is 0 Å². The number of amides is 1. The minimum absolute atomic E-state index is 0.00468. The molecule has 2 heterocycles. The molecule has 0 saturated heterocycles. The number of carbonyl (C=O) groups excluding carboxylic acids is 1. The molecule has 0 N–H and O–H groups in total. The molecule has 2 aromatic rings. The maximum Gasteiger partial charge on any atom is 0.251 e. The first-order chi connectivity index (χ1) is 9.66. The van der Waals surface area contributed by atoms with Gasteiger partial charge in [-0.3, -0.25) is 4.79 Å². The van der Waals surface area contributed by atoms with Gasteiger partial charge in [0.1, 0.15) is 5.76 Å². The monoisotopic (exact) mass is 268 g/mol. The number of hydrogen-bond donors (Lipinski definition) is 0. The first-order valence-corrected chi connectivity index (χ1v) is 6.67. The number of anilines is 1. The minimum atomic E-state index is -0.00468. The van der Waals surface area contributed by atoms with E-state index in [1.807, 2.05) is 36.9 Å². The van der Waals surface area contributed by atoms with Crippen LogP contribution in [0.3, 0.4) is 0 Å². The highest BCUT2D eigenvalue weighted by atomic mass is 16.5. The summed E-state index contributed by atoms with van der Waals surface area (Å²) >= 11 is 0. The second-order valence-corrected chi connectivity index (χ2v) is 4.94. The molecule has 102 valence electrons. The smallest absolute Gasteiger partial charge is 0.251 e. The SMILES string of the molecule is Cc1noc(C)c1/C=C/C(=O)N1CCc2ccccc21. The van der Waals surface area contributed by atoms with Gasteiger partial charge in [0.15, 0.2) is 0 Å². The number of aromatic nitrogens is 1. The molecule has 0 atom stereocenters. The largest absolute Gasteiger partial charge is 0.361 e. The number of benzene rings is 1. The van der Waals surface area contributed by atoms with Gasteiger partial charge in [-0.15, -0.1) is 0 Å². The summed E-state index contributed by atoms with van der Waals surface area (Å²) in [5.41, 5.74) is 3.92. The third-order valence-corrected chi connectivity index (χ3v) is 3.63. The minimum Gasteiger partial charge on any atom is -0.361 e. The van der Waals surface area contributed by atoms with Gasteiger partial charge in [0.25, 0.3) is 5.91 Å². The molecule has 1 aromatic heterocycles. The molecule has 1 aliphatic rings. The zero-order chi connectivity index (χ0) is 14.1. The number of para-hydroxylation sites is 1. The van der Waals surface area contributed by atoms with Gasteiger partial charge in [-0.25, -0.2) is 0 Å². The van der Waals surface area contributed by atoms with Crippen LogP contribution >= 0.6 is 0 Å². The number of aryl methyl sites for hydroxylation is 2. The van der Waals surface area contributed by atoms with E-state index < -0.39 is 0 Å². The topological polar surface area (TPSA) is 46.3 Å². The fourth-order valence-electron chi connectivity index (χ4n) is 2.54. The average Bonchev–Trinajstić information content (AvgIpc) is 3.01. The second-order valence-electron chi connectivity index (χ2n) is 4.94. The van der Waals surface area contributed by atoms with Crippen LogP contribution in [0.4, 0.5) is 5.69 Å². The van der Waals surface area contributed by atoms with Crippen LogP contribution in [0.25, 0.3) is 6.08 Å². The van der Waals surface area contributed by atoms with Crippen molar-refractivity contribution in [3.8, 4) is 0 Å². The van der Waals surface area contributed by atoms with Gasteiger partial charge in [0, 0.05) is 23.9 Å². The van der Waals surface area contributed by atoms with Crippen molar-refractivity contribution in [2.45, 2.75) is 20.3 Å². The van der Waals surface area contributed by atoms with E-state index in [-0.39, 0.29) is 5.91 Å². The van der Waals surface area contributed by atoms with E-state index in [0.29, 0.717) is 0 Å². The lowest BCUT2D eigenvalue weighted by Gasteiger charge is -2.14. The molecule has 0 aliphatic carbocycles. The van der Waals surface area contributed by atoms with Crippen LogP contribution < -0.4 is 4.90 Å². The number of rotatable bonds is 2. The molecule has 1 aliphatic heterocycles. The molecule has 4 nitrogen and oxygen atoms in total. The van der Waals surface area contributed by atoms with Crippen molar-refractivity contribution in [3.05, 3.63) is 52.9 Å². The quantitative estimate of drug-likeness (QED) is 0.787. The highest BCUT2D eigenvalue weighted by molar-refractivity contribution is 6.05. The average molecular weight is 268 g/mol. The number of fused-ring (bicyclic) bond motifs is 1. The van der Waals surface area contributed by atoms with Crippen molar-refractivity contribution in [2.24, 2.45) is 0 Å². The van der Waals surface area contributed by atoms with E-state index in [2.05, 4.69) is 11.2 Å². The summed E-state index contributed by atoms with van der Waals surface area (Å²) in [5, 5.41) is 3.88. The Bertz CT molecular complexity index is 666. The van der Waals surface area contributed by atoms with Crippen LogP contribution in [0.2, 0.25) is 0 Å². The summed E-state index contributed by atoms with van der Waals surface area (Å²) in [4.78, 5) is 14.1. The van der Waals surface area contributed by atoms with Crippen LogP contribution in [0.15, 0.2) is 34.9 Å². The van der Waals surface area contributed by atoms with Gasteiger partial charge in [0.05, 0.1) is 5.69 Å². The van der Waals surface area contributed by atoms with Gasteiger partial charge in [-0.05, 0) is 38.0 Å². The molecule has 4 heteroatoms. The predicted molar refractivity (Wildman–Crippen MR) is 77.5 cm³/mol. The molecular formula is C16H16N2O2. The second kappa shape index (κ2) is 4.96. The molecule has 0 fully saturated rings. The standard InChI is InChI=1S/C16H16N2O2/c1-11-14(12(2)20-17-11)7-8-16(19)18-10-9-13-5-3-4-6-15(13)18/h3-8H,9-10H2,1-2H3/b8-7+. The molecule has 3 rings (SSSR count). The van der Waals surface area contributed by atoms with E-state index >= 15 is 0 Å².